The summed E-state index contributed by atoms with van der Waals surface area (Å²) in [6.07, 6.45) is 0. The summed E-state index contributed by atoms with van der Waals surface area (Å²) in [5.74, 6) is 0.783. The molecule has 1 N–H and O–H groups in total. The summed E-state index contributed by atoms with van der Waals surface area (Å²) in [5, 5.41) is 10.1. The van der Waals surface area contributed by atoms with Crippen LogP contribution in [-0.2, 0) is 5.33 Å². The molecule has 1 rings (SSSR count). The molecule has 0 amide bonds. The minimum Gasteiger partial charge on any atom is -0.504 e. The van der Waals surface area contributed by atoms with Crippen LogP contribution in [0.4, 0.5) is 0 Å². The van der Waals surface area contributed by atoms with E-state index in [-0.39, 0.29) is 5.75 Å². The summed E-state index contributed by atoms with van der Waals surface area (Å²) in [5.41, 5.74) is 0.969. The van der Waals surface area contributed by atoms with E-state index in [2.05, 4.69) is 15.9 Å². The van der Waals surface area contributed by atoms with Gasteiger partial charge in [0.25, 0.3) is 0 Å². The van der Waals surface area contributed by atoms with E-state index in [0.29, 0.717) is 17.7 Å². The Hall–Kier alpha value is -0.700. The molecular formula is C9H11BrO2. The van der Waals surface area contributed by atoms with Gasteiger partial charge in [0.15, 0.2) is 11.5 Å². The second-order valence-electron chi connectivity index (χ2n) is 2.33. The third-order valence-corrected chi connectivity index (χ3v) is 2.11. The zero-order valence-corrected chi connectivity index (χ0v) is 8.47. The molecule has 0 heterocycles. The van der Waals surface area contributed by atoms with Crippen LogP contribution in [0, 0.1) is 0 Å². The molecule has 0 atom stereocenters. The summed E-state index contributed by atoms with van der Waals surface area (Å²) in [6, 6.07) is 5.34. The lowest BCUT2D eigenvalue weighted by atomic mass is 10.2. The largest absolute Gasteiger partial charge is 0.504 e. The Labute approximate surface area is 80.3 Å². The second kappa shape index (κ2) is 4.36. The van der Waals surface area contributed by atoms with Crippen molar-refractivity contribution in [3.8, 4) is 11.5 Å². The quantitative estimate of drug-likeness (QED) is 0.810. The van der Waals surface area contributed by atoms with Crippen LogP contribution in [0.3, 0.4) is 0 Å². The first-order valence-corrected chi connectivity index (χ1v) is 4.91. The summed E-state index contributed by atoms with van der Waals surface area (Å²) in [6.45, 7) is 2.46. The monoisotopic (exact) mass is 230 g/mol. The topological polar surface area (TPSA) is 29.5 Å². The van der Waals surface area contributed by atoms with E-state index in [1.807, 2.05) is 13.0 Å². The van der Waals surface area contributed by atoms with Crippen LogP contribution in [-0.4, -0.2) is 11.7 Å². The molecule has 1 aromatic carbocycles. The molecule has 3 heteroatoms. The van der Waals surface area contributed by atoms with E-state index < -0.39 is 0 Å². The van der Waals surface area contributed by atoms with Crippen molar-refractivity contribution < 1.29 is 9.84 Å². The van der Waals surface area contributed by atoms with Gasteiger partial charge in [-0.1, -0.05) is 28.1 Å². The number of aromatic hydroxyl groups is 1. The number of hydrogen-bond donors (Lipinski definition) is 1. The van der Waals surface area contributed by atoms with Crippen molar-refractivity contribution in [2.75, 3.05) is 6.61 Å². The molecule has 0 aliphatic heterocycles. The number of benzene rings is 1. The summed E-state index contributed by atoms with van der Waals surface area (Å²) in [4.78, 5) is 0. The van der Waals surface area contributed by atoms with Crippen molar-refractivity contribution in [3.05, 3.63) is 23.8 Å². The van der Waals surface area contributed by atoms with Crippen LogP contribution < -0.4 is 4.74 Å². The molecule has 1 aromatic rings. The lowest BCUT2D eigenvalue weighted by Crippen LogP contribution is -1.95. The van der Waals surface area contributed by atoms with Crippen LogP contribution in [0.5, 0.6) is 11.5 Å². The number of phenolic OH excluding ortho intramolecular Hbond substituents is 1. The van der Waals surface area contributed by atoms with Crippen molar-refractivity contribution in [1.29, 1.82) is 0 Å². The Morgan fingerprint density at radius 1 is 1.50 bits per heavy atom. The smallest absolute Gasteiger partial charge is 0.164 e. The van der Waals surface area contributed by atoms with Crippen molar-refractivity contribution in [3.63, 3.8) is 0 Å². The Morgan fingerprint density at radius 2 is 2.25 bits per heavy atom. The van der Waals surface area contributed by atoms with Crippen LogP contribution in [0.2, 0.25) is 0 Å². The van der Waals surface area contributed by atoms with Gasteiger partial charge in [0.05, 0.1) is 6.61 Å². The lowest BCUT2D eigenvalue weighted by molar-refractivity contribution is 0.315. The summed E-state index contributed by atoms with van der Waals surface area (Å²) < 4.78 is 5.28. The Bertz CT molecular complexity index is 261. The van der Waals surface area contributed by atoms with Crippen LogP contribution in [0.1, 0.15) is 12.5 Å². The molecule has 0 fully saturated rings. The van der Waals surface area contributed by atoms with Gasteiger partial charge in [-0.05, 0) is 13.0 Å². The van der Waals surface area contributed by atoms with Crippen LogP contribution in [0.25, 0.3) is 0 Å². The maximum Gasteiger partial charge on any atom is 0.164 e. The number of hydrogen-bond acceptors (Lipinski definition) is 2. The average molecular weight is 231 g/mol. The first kappa shape index (κ1) is 9.39. The van der Waals surface area contributed by atoms with E-state index in [1.54, 1.807) is 12.1 Å². The van der Waals surface area contributed by atoms with Crippen LogP contribution >= 0.6 is 15.9 Å². The van der Waals surface area contributed by atoms with Gasteiger partial charge in [-0.25, -0.2) is 0 Å². The number of ether oxygens (including phenoxy) is 1. The highest BCUT2D eigenvalue weighted by molar-refractivity contribution is 9.08. The maximum atomic E-state index is 9.41. The summed E-state index contributed by atoms with van der Waals surface area (Å²) >= 11 is 3.32. The highest BCUT2D eigenvalue weighted by atomic mass is 79.9. The molecule has 0 unspecified atom stereocenters. The first-order chi connectivity index (χ1) is 5.79. The fraction of sp³-hybridized carbons (Fsp3) is 0.333. The lowest BCUT2D eigenvalue weighted by Gasteiger charge is -2.09. The van der Waals surface area contributed by atoms with Gasteiger partial charge < -0.3 is 9.84 Å². The highest BCUT2D eigenvalue weighted by Gasteiger charge is 2.06. The van der Waals surface area contributed by atoms with Crippen LogP contribution in [0.15, 0.2) is 18.2 Å². The number of phenols is 1. The highest BCUT2D eigenvalue weighted by Crippen LogP contribution is 2.31. The van der Waals surface area contributed by atoms with Gasteiger partial charge in [0, 0.05) is 10.9 Å². The molecule has 0 aliphatic carbocycles. The standard InChI is InChI=1S/C9H11BrO2/c1-2-12-9-7(6-10)4-3-5-8(9)11/h3-5,11H,2,6H2,1H3. The zero-order valence-electron chi connectivity index (χ0n) is 6.88. The van der Waals surface area contributed by atoms with Crippen molar-refractivity contribution in [1.82, 2.24) is 0 Å². The van der Waals surface area contributed by atoms with Gasteiger partial charge in [-0.15, -0.1) is 0 Å². The molecule has 0 bridgehead atoms. The average Bonchev–Trinajstić information content (AvgIpc) is 2.09. The molecule has 0 aliphatic rings. The molecule has 0 saturated carbocycles. The van der Waals surface area contributed by atoms with Crippen molar-refractivity contribution >= 4 is 15.9 Å². The Morgan fingerprint density at radius 3 is 2.83 bits per heavy atom. The second-order valence-corrected chi connectivity index (χ2v) is 2.89. The van der Waals surface area contributed by atoms with Crippen molar-refractivity contribution in [2.24, 2.45) is 0 Å². The molecule has 0 saturated heterocycles. The Kier molecular flexibility index (Phi) is 3.41. The SMILES string of the molecule is CCOc1c(O)cccc1CBr. The van der Waals surface area contributed by atoms with E-state index in [9.17, 15) is 5.11 Å². The third kappa shape index (κ3) is 1.91. The zero-order chi connectivity index (χ0) is 8.97. The molecular weight excluding hydrogens is 220 g/mol. The first-order valence-electron chi connectivity index (χ1n) is 3.79. The fourth-order valence-corrected chi connectivity index (χ4v) is 1.43. The van der Waals surface area contributed by atoms with E-state index >= 15 is 0 Å². The molecule has 2 nitrogen and oxygen atoms in total. The van der Waals surface area contributed by atoms with Gasteiger partial charge in [0.2, 0.25) is 0 Å². The predicted octanol–water partition coefficient (Wildman–Crippen LogP) is 2.69. The molecule has 0 spiro atoms. The molecule has 66 valence electrons. The molecule has 0 aromatic heterocycles. The molecule has 0 radical (unpaired) electrons. The van der Waals surface area contributed by atoms with Gasteiger partial charge in [-0.3, -0.25) is 0 Å². The van der Waals surface area contributed by atoms with Gasteiger partial charge >= 0.3 is 0 Å². The predicted molar refractivity (Wildman–Crippen MR) is 51.9 cm³/mol. The third-order valence-electron chi connectivity index (χ3n) is 1.51. The minimum absolute atomic E-state index is 0.203. The number of rotatable bonds is 3. The van der Waals surface area contributed by atoms with E-state index in [1.165, 1.54) is 0 Å². The summed E-state index contributed by atoms with van der Waals surface area (Å²) in [7, 11) is 0. The normalized spacial score (nSPS) is 9.83. The minimum atomic E-state index is 0.203. The number of para-hydroxylation sites is 1. The Balaban J connectivity index is 3.02. The molecule has 12 heavy (non-hydrogen) atoms. The van der Waals surface area contributed by atoms with Crippen molar-refractivity contribution in [2.45, 2.75) is 12.3 Å². The maximum absolute atomic E-state index is 9.41. The number of halogens is 1. The fourth-order valence-electron chi connectivity index (χ4n) is 0.987. The van der Waals surface area contributed by atoms with E-state index in [0.717, 1.165) is 5.56 Å². The van der Waals surface area contributed by atoms with E-state index in [4.69, 9.17) is 4.74 Å². The van der Waals surface area contributed by atoms with Gasteiger partial charge in [-0.2, -0.15) is 0 Å². The number of alkyl halides is 1. The van der Waals surface area contributed by atoms with Gasteiger partial charge in [0.1, 0.15) is 0 Å².